The Kier molecular flexibility index (Phi) is 9.39. The number of amides is 1. The molecule has 1 amide bonds. The van der Waals surface area contributed by atoms with E-state index in [0.717, 1.165) is 63.0 Å². The molecule has 1 aliphatic rings. The van der Waals surface area contributed by atoms with Gasteiger partial charge in [0.15, 0.2) is 5.96 Å². The van der Waals surface area contributed by atoms with Crippen LogP contribution in [0, 0.1) is 6.92 Å². The summed E-state index contributed by atoms with van der Waals surface area (Å²) in [5, 5.41) is 6.67. The minimum atomic E-state index is 0.296. The standard InChI is InChI=1S/C20H32N4OS/c1-3-21-20(22-11-5-14-24-13-4-6-19(24)25)23-12-15-26-16-18-9-7-17(2)8-10-18/h7-10H,3-6,11-16H2,1-2H3,(H2,21,22,23). The lowest BCUT2D eigenvalue weighted by atomic mass is 10.2. The van der Waals surface area contributed by atoms with Gasteiger partial charge in [-0.25, -0.2) is 0 Å². The molecule has 0 aromatic heterocycles. The van der Waals surface area contributed by atoms with Gasteiger partial charge in [-0.2, -0.15) is 11.8 Å². The average Bonchev–Trinajstić information content (AvgIpc) is 3.05. The predicted molar refractivity (Wildman–Crippen MR) is 112 cm³/mol. The van der Waals surface area contributed by atoms with Crippen LogP contribution in [0.3, 0.4) is 0 Å². The zero-order valence-corrected chi connectivity index (χ0v) is 16.9. The van der Waals surface area contributed by atoms with Crippen LogP contribution in [-0.4, -0.2) is 55.2 Å². The Morgan fingerprint density at radius 1 is 1.27 bits per heavy atom. The van der Waals surface area contributed by atoms with Crippen molar-refractivity contribution in [1.29, 1.82) is 0 Å². The van der Waals surface area contributed by atoms with Crippen LogP contribution in [0.4, 0.5) is 0 Å². The summed E-state index contributed by atoms with van der Waals surface area (Å²) >= 11 is 1.93. The van der Waals surface area contributed by atoms with E-state index in [1.54, 1.807) is 0 Å². The van der Waals surface area contributed by atoms with Gasteiger partial charge in [-0.1, -0.05) is 29.8 Å². The van der Waals surface area contributed by atoms with Crippen molar-refractivity contribution >= 4 is 23.6 Å². The molecule has 6 heteroatoms. The van der Waals surface area contributed by atoms with Gasteiger partial charge < -0.3 is 15.5 Å². The summed E-state index contributed by atoms with van der Waals surface area (Å²) in [6, 6.07) is 8.73. The van der Waals surface area contributed by atoms with E-state index in [4.69, 9.17) is 0 Å². The van der Waals surface area contributed by atoms with Gasteiger partial charge in [0.05, 0.1) is 0 Å². The van der Waals surface area contributed by atoms with E-state index in [-0.39, 0.29) is 0 Å². The van der Waals surface area contributed by atoms with Crippen molar-refractivity contribution in [2.24, 2.45) is 4.99 Å². The van der Waals surface area contributed by atoms with Crippen molar-refractivity contribution in [2.45, 2.75) is 38.9 Å². The third-order valence-corrected chi connectivity index (χ3v) is 5.33. The normalized spacial score (nSPS) is 14.8. The van der Waals surface area contributed by atoms with E-state index >= 15 is 0 Å². The van der Waals surface area contributed by atoms with Crippen molar-refractivity contribution in [3.8, 4) is 0 Å². The molecular formula is C20H32N4OS. The average molecular weight is 377 g/mol. The molecule has 1 heterocycles. The molecule has 1 aliphatic heterocycles. The van der Waals surface area contributed by atoms with Crippen LogP contribution >= 0.6 is 11.8 Å². The van der Waals surface area contributed by atoms with Crippen LogP contribution < -0.4 is 10.6 Å². The number of aryl methyl sites for hydroxylation is 1. The molecule has 5 nitrogen and oxygen atoms in total. The highest BCUT2D eigenvalue weighted by molar-refractivity contribution is 7.98. The van der Waals surface area contributed by atoms with Gasteiger partial charge in [-0.3, -0.25) is 9.79 Å². The maximum Gasteiger partial charge on any atom is 0.222 e. The molecule has 1 aromatic carbocycles. The molecule has 0 unspecified atom stereocenters. The minimum absolute atomic E-state index is 0.296. The minimum Gasteiger partial charge on any atom is -0.357 e. The van der Waals surface area contributed by atoms with Crippen LogP contribution in [-0.2, 0) is 10.5 Å². The van der Waals surface area contributed by atoms with Gasteiger partial charge in [-0.15, -0.1) is 0 Å². The quantitative estimate of drug-likeness (QED) is 0.375. The Balaban J connectivity index is 1.60. The molecule has 0 bridgehead atoms. The first-order valence-corrected chi connectivity index (χ1v) is 10.8. The van der Waals surface area contributed by atoms with Crippen LogP contribution in [0.5, 0.6) is 0 Å². The van der Waals surface area contributed by atoms with E-state index in [9.17, 15) is 4.79 Å². The predicted octanol–water partition coefficient (Wildman–Crippen LogP) is 2.80. The molecule has 1 aromatic rings. The Bertz CT molecular complexity index is 574. The third-order valence-electron chi connectivity index (χ3n) is 4.30. The molecule has 0 aliphatic carbocycles. The van der Waals surface area contributed by atoms with Gasteiger partial charge in [0.2, 0.25) is 5.91 Å². The summed E-state index contributed by atoms with van der Waals surface area (Å²) < 4.78 is 0. The SMILES string of the molecule is CCNC(=NCCCN1CCCC1=O)NCCSCc1ccc(C)cc1. The molecule has 144 valence electrons. The topological polar surface area (TPSA) is 56.7 Å². The summed E-state index contributed by atoms with van der Waals surface area (Å²) in [5.74, 6) is 3.25. The molecule has 2 rings (SSSR count). The summed E-state index contributed by atoms with van der Waals surface area (Å²) in [5.41, 5.74) is 2.68. The highest BCUT2D eigenvalue weighted by Gasteiger charge is 2.18. The van der Waals surface area contributed by atoms with E-state index in [1.165, 1.54) is 11.1 Å². The zero-order chi connectivity index (χ0) is 18.6. The Morgan fingerprint density at radius 2 is 2.08 bits per heavy atom. The fourth-order valence-corrected chi connectivity index (χ4v) is 3.67. The summed E-state index contributed by atoms with van der Waals surface area (Å²) in [6.07, 6.45) is 2.64. The number of benzene rings is 1. The van der Waals surface area contributed by atoms with E-state index < -0.39 is 0 Å². The van der Waals surface area contributed by atoms with Crippen LogP contribution in [0.2, 0.25) is 0 Å². The van der Waals surface area contributed by atoms with Crippen LogP contribution in [0.25, 0.3) is 0 Å². The molecule has 2 N–H and O–H groups in total. The van der Waals surface area contributed by atoms with E-state index in [1.807, 2.05) is 16.7 Å². The monoisotopic (exact) mass is 376 g/mol. The van der Waals surface area contributed by atoms with E-state index in [2.05, 4.69) is 53.7 Å². The first-order valence-electron chi connectivity index (χ1n) is 9.62. The fraction of sp³-hybridized carbons (Fsp3) is 0.600. The van der Waals surface area contributed by atoms with Crippen molar-refractivity contribution in [3.63, 3.8) is 0 Å². The number of rotatable bonds is 10. The number of carbonyl (C=O) groups is 1. The molecule has 0 radical (unpaired) electrons. The highest BCUT2D eigenvalue weighted by Crippen LogP contribution is 2.12. The Hall–Kier alpha value is -1.69. The number of nitrogens with one attached hydrogen (secondary N) is 2. The molecule has 0 spiro atoms. The summed E-state index contributed by atoms with van der Waals surface area (Å²) in [4.78, 5) is 18.2. The molecular weight excluding hydrogens is 344 g/mol. The number of aliphatic imine (C=N–C) groups is 1. The second-order valence-corrected chi connectivity index (χ2v) is 7.67. The number of hydrogen-bond donors (Lipinski definition) is 2. The highest BCUT2D eigenvalue weighted by atomic mass is 32.2. The second-order valence-electron chi connectivity index (χ2n) is 6.56. The first kappa shape index (κ1) is 20.6. The lowest BCUT2D eigenvalue weighted by molar-refractivity contribution is -0.127. The Morgan fingerprint density at radius 3 is 2.77 bits per heavy atom. The summed E-state index contributed by atoms with van der Waals surface area (Å²) in [7, 11) is 0. The zero-order valence-electron chi connectivity index (χ0n) is 16.1. The van der Waals surface area contributed by atoms with E-state index in [0.29, 0.717) is 12.3 Å². The van der Waals surface area contributed by atoms with Gasteiger partial charge in [0, 0.05) is 50.7 Å². The Labute approximate surface area is 162 Å². The first-order chi connectivity index (χ1) is 12.7. The molecule has 1 fully saturated rings. The van der Waals surface area contributed by atoms with Gasteiger partial charge >= 0.3 is 0 Å². The van der Waals surface area contributed by atoms with Crippen molar-refractivity contribution < 1.29 is 4.79 Å². The fourth-order valence-electron chi connectivity index (χ4n) is 2.85. The third kappa shape index (κ3) is 7.68. The number of carbonyl (C=O) groups excluding carboxylic acids is 1. The van der Waals surface area contributed by atoms with Gasteiger partial charge in [-0.05, 0) is 32.3 Å². The summed E-state index contributed by atoms with van der Waals surface area (Å²) in [6.45, 7) is 8.43. The van der Waals surface area contributed by atoms with Crippen molar-refractivity contribution in [3.05, 3.63) is 35.4 Å². The maximum atomic E-state index is 11.6. The lowest BCUT2D eigenvalue weighted by Crippen LogP contribution is -2.38. The molecule has 0 saturated carbocycles. The largest absolute Gasteiger partial charge is 0.357 e. The number of nitrogens with zero attached hydrogens (tertiary/aromatic N) is 2. The number of likely N-dealkylation sites (tertiary alicyclic amines) is 1. The van der Waals surface area contributed by atoms with Gasteiger partial charge in [0.1, 0.15) is 0 Å². The smallest absolute Gasteiger partial charge is 0.222 e. The van der Waals surface area contributed by atoms with Crippen LogP contribution in [0.15, 0.2) is 29.3 Å². The molecule has 1 saturated heterocycles. The second kappa shape index (κ2) is 11.8. The molecule has 0 atom stereocenters. The van der Waals surface area contributed by atoms with Crippen molar-refractivity contribution in [1.82, 2.24) is 15.5 Å². The molecule has 26 heavy (non-hydrogen) atoms. The number of thioether (sulfide) groups is 1. The van der Waals surface area contributed by atoms with Gasteiger partial charge in [0.25, 0.3) is 0 Å². The van der Waals surface area contributed by atoms with Crippen LogP contribution in [0.1, 0.15) is 37.3 Å². The maximum absolute atomic E-state index is 11.6. The lowest BCUT2D eigenvalue weighted by Gasteiger charge is -2.15. The van der Waals surface area contributed by atoms with Crippen molar-refractivity contribution in [2.75, 3.05) is 38.5 Å². The number of guanidine groups is 1. The number of hydrogen-bond acceptors (Lipinski definition) is 3.